The molecule has 18 heavy (non-hydrogen) atoms. The van der Waals surface area contributed by atoms with Crippen LogP contribution in [0.2, 0.25) is 0 Å². The first kappa shape index (κ1) is 15.2. The SMILES string of the molecule is CC.COc1ccc(Cn2nc(Br)c(Br)n2)cc1. The Hall–Kier alpha value is -0.880. The van der Waals surface area contributed by atoms with Gasteiger partial charge in [-0.05, 0) is 49.6 Å². The lowest BCUT2D eigenvalue weighted by atomic mass is 10.2. The van der Waals surface area contributed by atoms with Crippen LogP contribution in [-0.2, 0) is 6.54 Å². The Kier molecular flexibility index (Phi) is 6.35. The van der Waals surface area contributed by atoms with Gasteiger partial charge >= 0.3 is 0 Å². The van der Waals surface area contributed by atoms with Crippen molar-refractivity contribution in [3.8, 4) is 5.75 Å². The summed E-state index contributed by atoms with van der Waals surface area (Å²) < 4.78 is 6.51. The van der Waals surface area contributed by atoms with Crippen molar-refractivity contribution in [1.82, 2.24) is 15.0 Å². The number of nitrogens with zero attached hydrogens (tertiary/aromatic N) is 3. The first-order valence-electron chi connectivity index (χ1n) is 5.58. The summed E-state index contributed by atoms with van der Waals surface area (Å²) in [5.74, 6) is 0.847. The van der Waals surface area contributed by atoms with Crippen LogP contribution in [0, 0.1) is 0 Å². The van der Waals surface area contributed by atoms with Crippen molar-refractivity contribution in [1.29, 1.82) is 0 Å². The Morgan fingerprint density at radius 3 is 2.00 bits per heavy atom. The van der Waals surface area contributed by atoms with Crippen LogP contribution in [-0.4, -0.2) is 22.1 Å². The molecule has 4 nitrogen and oxygen atoms in total. The van der Waals surface area contributed by atoms with Crippen molar-refractivity contribution in [3.63, 3.8) is 0 Å². The fraction of sp³-hybridized carbons (Fsp3) is 0.333. The average molecular weight is 377 g/mol. The van der Waals surface area contributed by atoms with Gasteiger partial charge in [0.15, 0.2) is 9.21 Å². The Bertz CT molecular complexity index is 463. The van der Waals surface area contributed by atoms with Crippen molar-refractivity contribution in [2.24, 2.45) is 0 Å². The van der Waals surface area contributed by atoms with Crippen molar-refractivity contribution in [2.75, 3.05) is 7.11 Å². The molecular weight excluding hydrogens is 362 g/mol. The minimum Gasteiger partial charge on any atom is -0.497 e. The van der Waals surface area contributed by atoms with Gasteiger partial charge in [0, 0.05) is 0 Å². The van der Waals surface area contributed by atoms with Gasteiger partial charge in [-0.1, -0.05) is 26.0 Å². The smallest absolute Gasteiger partial charge is 0.162 e. The van der Waals surface area contributed by atoms with Gasteiger partial charge in [0.2, 0.25) is 0 Å². The highest BCUT2D eigenvalue weighted by molar-refractivity contribution is 9.13. The zero-order valence-corrected chi connectivity index (χ0v) is 13.7. The second-order valence-electron chi connectivity index (χ2n) is 3.16. The lowest BCUT2D eigenvalue weighted by molar-refractivity contribution is 0.414. The van der Waals surface area contributed by atoms with Crippen LogP contribution in [0.3, 0.4) is 0 Å². The first-order valence-corrected chi connectivity index (χ1v) is 7.16. The molecule has 6 heteroatoms. The lowest BCUT2D eigenvalue weighted by Gasteiger charge is -2.02. The summed E-state index contributed by atoms with van der Waals surface area (Å²) in [6, 6.07) is 7.82. The molecular formula is C12H15Br2N3O. The number of hydrogen-bond acceptors (Lipinski definition) is 3. The maximum Gasteiger partial charge on any atom is 0.162 e. The minimum atomic E-state index is 0.633. The van der Waals surface area contributed by atoms with Crippen LogP contribution < -0.4 is 4.74 Å². The minimum absolute atomic E-state index is 0.633. The maximum atomic E-state index is 5.09. The fourth-order valence-electron chi connectivity index (χ4n) is 1.27. The van der Waals surface area contributed by atoms with Gasteiger partial charge in [-0.2, -0.15) is 4.80 Å². The quantitative estimate of drug-likeness (QED) is 0.815. The average Bonchev–Trinajstić information content (AvgIpc) is 2.71. The summed E-state index contributed by atoms with van der Waals surface area (Å²) >= 11 is 6.58. The number of rotatable bonds is 3. The van der Waals surface area contributed by atoms with Gasteiger partial charge in [-0.15, -0.1) is 10.2 Å². The molecule has 0 amide bonds. The van der Waals surface area contributed by atoms with Gasteiger partial charge in [0.25, 0.3) is 0 Å². The summed E-state index contributed by atoms with van der Waals surface area (Å²) in [5.41, 5.74) is 1.12. The Morgan fingerprint density at radius 2 is 1.56 bits per heavy atom. The van der Waals surface area contributed by atoms with Gasteiger partial charge in [0.1, 0.15) is 5.75 Å². The first-order chi connectivity index (χ1) is 8.69. The molecule has 0 saturated heterocycles. The third-order valence-corrected chi connectivity index (χ3v) is 3.66. The normalized spacial score (nSPS) is 9.61. The summed E-state index contributed by atoms with van der Waals surface area (Å²) in [6.45, 7) is 4.63. The molecule has 0 bridgehead atoms. The Balaban J connectivity index is 0.000000771. The largest absolute Gasteiger partial charge is 0.497 e. The highest BCUT2D eigenvalue weighted by Crippen LogP contribution is 2.18. The molecule has 0 aliphatic carbocycles. The van der Waals surface area contributed by atoms with Gasteiger partial charge < -0.3 is 4.74 Å². The van der Waals surface area contributed by atoms with E-state index in [-0.39, 0.29) is 0 Å². The molecule has 1 heterocycles. The zero-order valence-electron chi connectivity index (χ0n) is 10.5. The zero-order chi connectivity index (χ0) is 13.5. The van der Waals surface area contributed by atoms with Crippen molar-refractivity contribution in [3.05, 3.63) is 39.0 Å². The molecule has 0 N–H and O–H groups in total. The van der Waals surface area contributed by atoms with Crippen molar-refractivity contribution < 1.29 is 4.74 Å². The van der Waals surface area contributed by atoms with E-state index in [9.17, 15) is 0 Å². The van der Waals surface area contributed by atoms with Crippen LogP contribution >= 0.6 is 31.9 Å². The predicted octanol–water partition coefficient (Wildman–Crippen LogP) is 3.89. The van der Waals surface area contributed by atoms with Gasteiger partial charge in [0.05, 0.1) is 13.7 Å². The Labute approximate surface area is 124 Å². The molecule has 0 aliphatic rings. The molecule has 1 aromatic carbocycles. The topological polar surface area (TPSA) is 39.9 Å². The second-order valence-corrected chi connectivity index (χ2v) is 4.66. The summed E-state index contributed by atoms with van der Waals surface area (Å²) in [7, 11) is 1.65. The van der Waals surface area contributed by atoms with E-state index in [1.165, 1.54) is 0 Å². The van der Waals surface area contributed by atoms with Crippen LogP contribution in [0.1, 0.15) is 19.4 Å². The molecule has 0 atom stereocenters. The standard InChI is InChI=1S/C10H9Br2N3O.C2H6/c1-16-8-4-2-7(3-5-8)6-15-13-9(11)10(12)14-15;1-2/h2-5H,6H2,1H3;1-2H3. The van der Waals surface area contributed by atoms with E-state index in [4.69, 9.17) is 4.74 Å². The number of halogens is 2. The number of ether oxygens (including phenoxy) is 1. The van der Waals surface area contributed by atoms with E-state index in [0.29, 0.717) is 15.8 Å². The monoisotopic (exact) mass is 375 g/mol. The van der Waals surface area contributed by atoms with E-state index >= 15 is 0 Å². The number of hydrogen-bond donors (Lipinski definition) is 0. The molecule has 0 saturated carbocycles. The second kappa shape index (κ2) is 7.53. The highest BCUT2D eigenvalue weighted by Gasteiger charge is 2.05. The lowest BCUT2D eigenvalue weighted by Crippen LogP contribution is -2.03. The van der Waals surface area contributed by atoms with E-state index < -0.39 is 0 Å². The van der Waals surface area contributed by atoms with E-state index in [1.807, 2.05) is 38.1 Å². The highest BCUT2D eigenvalue weighted by atomic mass is 79.9. The third-order valence-electron chi connectivity index (χ3n) is 2.06. The van der Waals surface area contributed by atoms with Crippen molar-refractivity contribution >= 4 is 31.9 Å². The number of benzene rings is 1. The maximum absolute atomic E-state index is 5.09. The van der Waals surface area contributed by atoms with Gasteiger partial charge in [-0.3, -0.25) is 0 Å². The molecule has 2 rings (SSSR count). The number of aromatic nitrogens is 3. The van der Waals surface area contributed by atoms with Gasteiger partial charge in [-0.25, -0.2) is 0 Å². The van der Waals surface area contributed by atoms with Crippen LogP contribution in [0.15, 0.2) is 33.5 Å². The third kappa shape index (κ3) is 4.10. The van der Waals surface area contributed by atoms with Crippen LogP contribution in [0.25, 0.3) is 0 Å². The molecule has 0 fully saturated rings. The molecule has 0 radical (unpaired) electrons. The molecule has 1 aromatic heterocycles. The fourth-order valence-corrected chi connectivity index (χ4v) is 1.80. The van der Waals surface area contributed by atoms with Crippen molar-refractivity contribution in [2.45, 2.75) is 20.4 Å². The van der Waals surface area contributed by atoms with Crippen LogP contribution in [0.5, 0.6) is 5.75 Å². The van der Waals surface area contributed by atoms with E-state index in [2.05, 4.69) is 42.1 Å². The van der Waals surface area contributed by atoms with Crippen LogP contribution in [0.4, 0.5) is 0 Å². The summed E-state index contributed by atoms with van der Waals surface area (Å²) in [5, 5.41) is 8.38. The molecule has 0 unspecified atom stereocenters. The molecule has 2 aromatic rings. The molecule has 0 aliphatic heterocycles. The predicted molar refractivity (Wildman–Crippen MR) is 78.9 cm³/mol. The number of methoxy groups -OCH3 is 1. The Morgan fingerprint density at radius 1 is 1.06 bits per heavy atom. The summed E-state index contributed by atoms with van der Waals surface area (Å²) in [6.07, 6.45) is 0. The van der Waals surface area contributed by atoms with E-state index in [1.54, 1.807) is 11.9 Å². The van der Waals surface area contributed by atoms with E-state index in [0.717, 1.165) is 11.3 Å². The summed E-state index contributed by atoms with van der Waals surface area (Å²) in [4.78, 5) is 1.62. The molecule has 98 valence electrons. The molecule has 0 spiro atoms.